The van der Waals surface area contributed by atoms with Crippen molar-refractivity contribution < 1.29 is 52.7 Å². The molecule has 1 unspecified atom stereocenters. The van der Waals surface area contributed by atoms with Gasteiger partial charge in [-0.05, 0) is 106 Å². The lowest BCUT2D eigenvalue weighted by molar-refractivity contribution is -0.0987. The summed E-state index contributed by atoms with van der Waals surface area (Å²) >= 11 is 0. The number of nitriles is 4. The van der Waals surface area contributed by atoms with E-state index in [1.165, 1.54) is 36.4 Å². The molecule has 4 aliphatic rings. The summed E-state index contributed by atoms with van der Waals surface area (Å²) in [5.41, 5.74) is -5.66. The first-order chi connectivity index (χ1) is 29.1. The fraction of sp³-hybridized carbons (Fsp3) is 0.174. The Morgan fingerprint density at radius 2 is 1.02 bits per heavy atom. The van der Waals surface area contributed by atoms with Gasteiger partial charge in [0, 0.05) is 35.5 Å². The van der Waals surface area contributed by atoms with Crippen molar-refractivity contribution in [3.05, 3.63) is 166 Å². The maximum absolute atomic E-state index is 13.8. The minimum atomic E-state index is -5.12. The molecule has 8 rings (SSSR count). The third-order valence-electron chi connectivity index (χ3n) is 11.3. The van der Waals surface area contributed by atoms with Crippen LogP contribution in [0.3, 0.4) is 0 Å². The molecule has 0 heterocycles. The molecule has 1 atom stereocenters. The lowest BCUT2D eigenvalue weighted by atomic mass is 9.83. The summed E-state index contributed by atoms with van der Waals surface area (Å²) in [6, 6.07) is 22.2. The third-order valence-corrected chi connectivity index (χ3v) is 11.3. The second-order valence-electron chi connectivity index (χ2n) is 14.8. The Morgan fingerprint density at radius 1 is 0.516 bits per heavy atom. The number of alkyl halides is 12. The number of benzene rings is 4. The van der Waals surface area contributed by atoms with Crippen molar-refractivity contribution in [3.8, 4) is 24.3 Å². The summed E-state index contributed by atoms with van der Waals surface area (Å²) in [6.45, 7) is 0. The minimum absolute atomic E-state index is 0.0103. The molecule has 4 aromatic carbocycles. The van der Waals surface area contributed by atoms with Crippen molar-refractivity contribution in [1.29, 1.82) is 21.0 Å². The summed E-state index contributed by atoms with van der Waals surface area (Å²) in [5.74, 6) is -2.40. The van der Waals surface area contributed by atoms with E-state index in [9.17, 15) is 73.7 Å². The predicted octanol–water partition coefficient (Wildman–Crippen LogP) is 10.7. The zero-order valence-corrected chi connectivity index (χ0v) is 31.0. The van der Waals surface area contributed by atoms with Crippen molar-refractivity contribution in [1.82, 2.24) is 0 Å². The van der Waals surface area contributed by atoms with Crippen LogP contribution < -0.4 is 10.4 Å². The molecular weight excluding hydrogens is 837 g/mol. The smallest absolute Gasteiger partial charge is 0.197 e. The van der Waals surface area contributed by atoms with Gasteiger partial charge in [0.05, 0.1) is 23.3 Å². The van der Waals surface area contributed by atoms with Crippen molar-refractivity contribution in [3.63, 3.8) is 0 Å². The largest absolute Gasteiger partial charge is 0.416 e. The van der Waals surface area contributed by atoms with E-state index in [-0.39, 0.29) is 50.4 Å². The van der Waals surface area contributed by atoms with Crippen molar-refractivity contribution in [2.24, 2.45) is 5.92 Å². The molecule has 0 bridgehead atoms. The number of hydrogen-bond donors (Lipinski definition) is 0. The normalized spacial score (nSPS) is 18.9. The molecule has 0 saturated carbocycles. The Labute approximate surface area is 340 Å². The van der Waals surface area contributed by atoms with Gasteiger partial charge in [-0.15, -0.1) is 0 Å². The summed E-state index contributed by atoms with van der Waals surface area (Å²) in [6.07, 6.45) is -20.9. The van der Waals surface area contributed by atoms with Crippen molar-refractivity contribution in [2.75, 3.05) is 0 Å². The zero-order valence-electron chi connectivity index (χ0n) is 31.0. The van der Waals surface area contributed by atoms with E-state index in [1.54, 1.807) is 24.3 Å². The topological polar surface area (TPSA) is 95.2 Å². The molecule has 0 spiro atoms. The second kappa shape index (κ2) is 14.1. The predicted molar refractivity (Wildman–Crippen MR) is 198 cm³/mol. The molecule has 16 heteroatoms. The van der Waals surface area contributed by atoms with E-state index in [0.717, 1.165) is 0 Å². The lowest BCUT2D eigenvalue weighted by Crippen LogP contribution is -2.22. The molecule has 62 heavy (non-hydrogen) atoms. The van der Waals surface area contributed by atoms with Crippen molar-refractivity contribution in [2.45, 2.75) is 43.5 Å². The first-order valence-electron chi connectivity index (χ1n) is 18.2. The summed E-state index contributed by atoms with van der Waals surface area (Å²) in [4.78, 5) is 0. The van der Waals surface area contributed by atoms with Gasteiger partial charge in [0.1, 0.15) is 23.6 Å². The van der Waals surface area contributed by atoms with E-state index < -0.39 is 77.2 Å². The number of allylic oxidation sites excluding steroid dienone is 9. The average Bonchev–Trinajstić information content (AvgIpc) is 3.72. The van der Waals surface area contributed by atoms with Gasteiger partial charge in [-0.1, -0.05) is 54.6 Å². The van der Waals surface area contributed by atoms with Crippen LogP contribution in [0.15, 0.2) is 113 Å². The van der Waals surface area contributed by atoms with Crippen LogP contribution >= 0.6 is 0 Å². The molecule has 4 aliphatic carbocycles. The Morgan fingerprint density at radius 3 is 1.52 bits per heavy atom. The third kappa shape index (κ3) is 6.73. The van der Waals surface area contributed by atoms with E-state index in [0.29, 0.717) is 54.9 Å². The van der Waals surface area contributed by atoms with Gasteiger partial charge >= 0.3 is 24.7 Å². The number of rotatable bonds is 1. The number of halogens is 12. The zero-order chi connectivity index (χ0) is 44.8. The van der Waals surface area contributed by atoms with E-state index in [2.05, 4.69) is 0 Å². The van der Waals surface area contributed by atoms with Gasteiger partial charge in [0.15, 0.2) is 0 Å². The molecule has 4 aromatic rings. The van der Waals surface area contributed by atoms with Gasteiger partial charge < -0.3 is 0 Å². The first kappa shape index (κ1) is 41.4. The van der Waals surface area contributed by atoms with Gasteiger partial charge in [0.25, 0.3) is 0 Å². The second-order valence-corrected chi connectivity index (χ2v) is 14.8. The molecule has 0 radical (unpaired) electrons. The van der Waals surface area contributed by atoms with Crippen LogP contribution in [-0.4, -0.2) is 24.7 Å². The van der Waals surface area contributed by atoms with Gasteiger partial charge in [-0.2, -0.15) is 73.7 Å². The van der Waals surface area contributed by atoms with E-state index in [4.69, 9.17) is 0 Å². The maximum atomic E-state index is 13.8. The van der Waals surface area contributed by atoms with E-state index in [1.807, 2.05) is 24.3 Å². The molecule has 0 amide bonds. The molecule has 0 saturated heterocycles. The fourth-order valence-corrected chi connectivity index (χ4v) is 8.66. The van der Waals surface area contributed by atoms with Crippen LogP contribution in [0, 0.1) is 72.1 Å². The minimum Gasteiger partial charge on any atom is -0.197 e. The molecule has 0 aromatic heterocycles. The van der Waals surface area contributed by atoms with Gasteiger partial charge in [0.2, 0.25) is 0 Å². The monoisotopic (exact) mass is 856 g/mol. The molecule has 0 aliphatic heterocycles. The van der Waals surface area contributed by atoms with Crippen LogP contribution in [-0.2, 0) is 0 Å². The highest BCUT2D eigenvalue weighted by molar-refractivity contribution is 5.97. The lowest BCUT2D eigenvalue weighted by Gasteiger charge is -2.20. The van der Waals surface area contributed by atoms with Gasteiger partial charge in [-0.3, -0.25) is 0 Å². The van der Waals surface area contributed by atoms with Crippen molar-refractivity contribution >= 4 is 27.5 Å². The highest BCUT2D eigenvalue weighted by Crippen LogP contribution is 2.45. The maximum Gasteiger partial charge on any atom is 0.416 e. The average molecular weight is 857 g/mol. The van der Waals surface area contributed by atoms with Crippen LogP contribution in [0.4, 0.5) is 52.7 Å². The van der Waals surface area contributed by atoms with E-state index >= 15 is 0 Å². The molecule has 0 fully saturated rings. The van der Waals surface area contributed by atoms with Crippen LogP contribution in [0.5, 0.6) is 0 Å². The van der Waals surface area contributed by atoms with Crippen LogP contribution in [0.2, 0.25) is 0 Å². The molecular formula is C46H20F12N4. The SMILES string of the molecule is N#CC(C#N)=C1c2cc(=C3C=C(C(F)(F)F)C=C(C(F)(F)F)C3)ccc2=c2c1ccc1c3c(ccc21)C(C(C#N)C#N)c1cc(=C2C=C(C(F)(F)F)C=C(C(F)(F)F)C2)ccc1=3. The molecule has 308 valence electrons. The summed E-state index contributed by atoms with van der Waals surface area (Å²) in [5, 5.41) is 42.8. The van der Waals surface area contributed by atoms with Crippen LogP contribution in [0.25, 0.3) is 27.5 Å². The summed E-state index contributed by atoms with van der Waals surface area (Å²) < 4.78 is 166. The Bertz CT molecular complexity index is 3370. The highest BCUT2D eigenvalue weighted by Gasteiger charge is 2.42. The molecule has 4 nitrogen and oxygen atoms in total. The first-order valence-corrected chi connectivity index (χ1v) is 18.2. The number of fused-ring (bicyclic) bond motifs is 7. The quantitative estimate of drug-likeness (QED) is 0.124. The summed E-state index contributed by atoms with van der Waals surface area (Å²) in [7, 11) is 0. The van der Waals surface area contributed by atoms with Gasteiger partial charge in [-0.25, -0.2) is 0 Å². The Hall–Kier alpha value is -7.30. The Kier molecular flexibility index (Phi) is 9.45. The highest BCUT2D eigenvalue weighted by atomic mass is 19.4. The fourth-order valence-electron chi connectivity index (χ4n) is 8.66. The number of hydrogen-bond acceptors (Lipinski definition) is 4. The number of nitrogens with zero attached hydrogens (tertiary/aromatic N) is 4. The Balaban J connectivity index is 1.46. The molecule has 0 N–H and O–H groups in total. The van der Waals surface area contributed by atoms with Crippen LogP contribution in [0.1, 0.15) is 41.0 Å². The standard InChI is InChI=1S/C46H20F12N4/c47-43(48,49)27-9-23(10-28(15-27)44(50,51)52)21-1-3-33-37(13-21)39(25(17-59)18-60)35-7-6-32-31(41(33)35)5-8-36-40(26(19-61)20-62)38-14-22(2-4-34(38)42(32)36)24-11-29(45(53,54)55)16-30(12-24)46(56,57)58/h1-9,11,13-16,25,39H,10,12H2.